The van der Waals surface area contributed by atoms with E-state index in [9.17, 15) is 0 Å². The van der Waals surface area contributed by atoms with Crippen LogP contribution >= 0.6 is 11.3 Å². The molecule has 0 aliphatic carbocycles. The minimum absolute atomic E-state index is 0.454. The summed E-state index contributed by atoms with van der Waals surface area (Å²) in [5, 5.41) is 4.83. The van der Waals surface area contributed by atoms with Gasteiger partial charge in [-0.1, -0.05) is 13.0 Å². The largest absolute Gasteiger partial charge is 0.363 e. The lowest BCUT2D eigenvalue weighted by Crippen LogP contribution is -2.28. The average molecular weight is 264 g/mol. The van der Waals surface area contributed by atoms with Crippen LogP contribution in [0.4, 0.5) is 5.00 Å². The molecule has 1 aliphatic rings. The first kappa shape index (κ1) is 13.6. The van der Waals surface area contributed by atoms with Gasteiger partial charge in [0.15, 0.2) is 0 Å². The zero-order valence-corrected chi connectivity index (χ0v) is 12.3. The van der Waals surface area contributed by atoms with E-state index in [1.54, 1.807) is 0 Å². The molecule has 0 bridgehead atoms. The summed E-state index contributed by atoms with van der Waals surface area (Å²) in [6.45, 7) is 7.83. The van der Waals surface area contributed by atoms with E-state index in [1.807, 2.05) is 11.3 Å². The lowest BCUT2D eigenvalue weighted by atomic mass is 10.1. The summed E-state index contributed by atoms with van der Waals surface area (Å²) in [5.41, 5.74) is 0. The molecule has 100 valence electrons. The van der Waals surface area contributed by atoms with E-state index in [1.165, 1.54) is 42.2 Å². The van der Waals surface area contributed by atoms with Crippen LogP contribution in [0.25, 0.3) is 6.08 Å². The molecule has 1 atom stereocenters. The van der Waals surface area contributed by atoms with Crippen molar-refractivity contribution in [2.24, 2.45) is 0 Å². The third-order valence-electron chi connectivity index (χ3n) is 3.36. The third-order valence-corrected chi connectivity index (χ3v) is 4.47. The maximum atomic E-state index is 3.39. The fraction of sp³-hybridized carbons (Fsp3) is 0.600. The van der Waals surface area contributed by atoms with Gasteiger partial charge in [0.2, 0.25) is 0 Å². The Morgan fingerprint density at radius 3 is 2.83 bits per heavy atom. The number of nitrogens with one attached hydrogen (secondary N) is 1. The molecule has 1 fully saturated rings. The number of likely N-dealkylation sites (N-methyl/N-ethyl adjacent to an activating group) is 1. The maximum Gasteiger partial charge on any atom is 0.0914 e. The monoisotopic (exact) mass is 264 g/mol. The molecule has 1 aromatic heterocycles. The van der Waals surface area contributed by atoms with Crippen LogP contribution in [0.3, 0.4) is 0 Å². The highest BCUT2D eigenvalue weighted by Gasteiger charge is 2.12. The second-order valence-corrected chi connectivity index (χ2v) is 6.02. The van der Waals surface area contributed by atoms with E-state index in [-0.39, 0.29) is 0 Å². The fourth-order valence-corrected chi connectivity index (χ4v) is 3.32. The van der Waals surface area contributed by atoms with E-state index >= 15 is 0 Å². The average Bonchev–Trinajstić information content (AvgIpc) is 2.87. The van der Waals surface area contributed by atoms with Crippen molar-refractivity contribution in [2.45, 2.75) is 39.2 Å². The highest BCUT2D eigenvalue weighted by Crippen LogP contribution is 2.29. The number of anilines is 1. The van der Waals surface area contributed by atoms with Crippen LogP contribution in [-0.4, -0.2) is 25.7 Å². The van der Waals surface area contributed by atoms with Gasteiger partial charge in [-0.15, -0.1) is 11.3 Å². The highest BCUT2D eigenvalue weighted by atomic mass is 32.1. The molecule has 0 aromatic carbocycles. The highest BCUT2D eigenvalue weighted by molar-refractivity contribution is 7.16. The lowest BCUT2D eigenvalue weighted by Gasteiger charge is -2.27. The quantitative estimate of drug-likeness (QED) is 0.871. The van der Waals surface area contributed by atoms with Gasteiger partial charge in [-0.2, -0.15) is 0 Å². The van der Waals surface area contributed by atoms with Gasteiger partial charge in [0.1, 0.15) is 0 Å². The number of nitrogens with zero attached hydrogens (tertiary/aromatic N) is 1. The van der Waals surface area contributed by atoms with Gasteiger partial charge in [-0.25, -0.2) is 0 Å². The number of hydrogen-bond donors (Lipinski definition) is 1. The summed E-state index contributed by atoms with van der Waals surface area (Å²) < 4.78 is 0. The fourth-order valence-electron chi connectivity index (χ4n) is 2.35. The van der Waals surface area contributed by atoms with Crippen molar-refractivity contribution in [3.05, 3.63) is 23.1 Å². The predicted molar refractivity (Wildman–Crippen MR) is 82.6 cm³/mol. The van der Waals surface area contributed by atoms with Gasteiger partial charge in [0, 0.05) is 24.0 Å². The normalized spacial score (nSPS) is 18.4. The van der Waals surface area contributed by atoms with Gasteiger partial charge in [-0.3, -0.25) is 0 Å². The molecule has 0 spiro atoms. The van der Waals surface area contributed by atoms with Crippen LogP contribution in [0.1, 0.15) is 38.0 Å². The number of rotatable bonds is 5. The van der Waals surface area contributed by atoms with E-state index in [0.29, 0.717) is 6.04 Å². The first-order valence-corrected chi connectivity index (χ1v) is 7.87. The molecule has 1 aliphatic heterocycles. The maximum absolute atomic E-state index is 3.39. The second kappa shape index (κ2) is 6.95. The Labute approximate surface area is 115 Å². The van der Waals surface area contributed by atoms with Gasteiger partial charge in [0.05, 0.1) is 5.00 Å². The van der Waals surface area contributed by atoms with E-state index < -0.39 is 0 Å². The zero-order chi connectivity index (χ0) is 12.8. The lowest BCUT2D eigenvalue weighted by molar-refractivity contribution is 0.580. The Kier molecular flexibility index (Phi) is 5.26. The van der Waals surface area contributed by atoms with Crippen LogP contribution < -0.4 is 10.2 Å². The van der Waals surface area contributed by atoms with Crippen molar-refractivity contribution in [3.8, 4) is 0 Å². The summed E-state index contributed by atoms with van der Waals surface area (Å²) in [5.74, 6) is 0. The number of piperidine rings is 1. The summed E-state index contributed by atoms with van der Waals surface area (Å²) in [7, 11) is 0. The van der Waals surface area contributed by atoms with Gasteiger partial charge < -0.3 is 10.2 Å². The molecule has 1 aromatic rings. The van der Waals surface area contributed by atoms with Crippen LogP contribution in [0.5, 0.6) is 0 Å². The Balaban J connectivity index is 1.93. The molecule has 1 unspecified atom stereocenters. The first-order valence-electron chi connectivity index (χ1n) is 7.06. The molecule has 1 N–H and O–H groups in total. The summed E-state index contributed by atoms with van der Waals surface area (Å²) in [6.07, 6.45) is 8.58. The standard InChI is InChI=1S/C15H24N2S/c1-3-16-13(2)7-8-14-9-10-15(18-14)17-11-5-4-6-12-17/h7-10,13,16H,3-6,11-12H2,1-2H3/b8-7+. The topological polar surface area (TPSA) is 15.3 Å². The van der Waals surface area contributed by atoms with Gasteiger partial charge in [-0.05, 0) is 50.9 Å². The molecule has 0 radical (unpaired) electrons. The SMILES string of the molecule is CCNC(C)/C=C/c1ccc(N2CCCCC2)s1. The van der Waals surface area contributed by atoms with Crippen molar-refractivity contribution in [1.82, 2.24) is 5.32 Å². The Morgan fingerprint density at radius 2 is 2.11 bits per heavy atom. The Morgan fingerprint density at radius 1 is 1.33 bits per heavy atom. The van der Waals surface area contributed by atoms with Crippen LogP contribution in [0.15, 0.2) is 18.2 Å². The number of thiophene rings is 1. The van der Waals surface area contributed by atoms with Crippen LogP contribution in [-0.2, 0) is 0 Å². The van der Waals surface area contributed by atoms with Crippen molar-refractivity contribution in [2.75, 3.05) is 24.5 Å². The molecule has 0 saturated carbocycles. The smallest absolute Gasteiger partial charge is 0.0914 e. The van der Waals surface area contributed by atoms with Gasteiger partial charge in [0.25, 0.3) is 0 Å². The molecule has 2 nitrogen and oxygen atoms in total. The molecule has 1 saturated heterocycles. The molecule has 3 heteroatoms. The number of hydrogen-bond acceptors (Lipinski definition) is 3. The molecule has 18 heavy (non-hydrogen) atoms. The summed E-state index contributed by atoms with van der Waals surface area (Å²) >= 11 is 1.91. The molecule has 0 amide bonds. The minimum atomic E-state index is 0.454. The van der Waals surface area contributed by atoms with Crippen molar-refractivity contribution in [1.29, 1.82) is 0 Å². The van der Waals surface area contributed by atoms with E-state index in [0.717, 1.165) is 6.54 Å². The molecule has 2 rings (SSSR count). The van der Waals surface area contributed by atoms with Crippen molar-refractivity contribution < 1.29 is 0 Å². The van der Waals surface area contributed by atoms with Crippen LogP contribution in [0, 0.1) is 0 Å². The Hall–Kier alpha value is -0.800. The minimum Gasteiger partial charge on any atom is -0.363 e. The predicted octanol–water partition coefficient (Wildman–Crippen LogP) is 3.75. The van der Waals surface area contributed by atoms with E-state index in [4.69, 9.17) is 0 Å². The molecular formula is C15H24N2S. The van der Waals surface area contributed by atoms with Crippen molar-refractivity contribution in [3.63, 3.8) is 0 Å². The molecular weight excluding hydrogens is 240 g/mol. The Bertz CT molecular complexity index is 378. The van der Waals surface area contributed by atoms with Crippen molar-refractivity contribution >= 4 is 22.4 Å². The third kappa shape index (κ3) is 3.85. The zero-order valence-electron chi connectivity index (χ0n) is 11.5. The molecule has 2 heterocycles. The summed E-state index contributed by atoms with van der Waals surface area (Å²) in [6, 6.07) is 4.97. The van der Waals surface area contributed by atoms with Crippen LogP contribution in [0.2, 0.25) is 0 Å². The second-order valence-electron chi connectivity index (χ2n) is 4.93. The summed E-state index contributed by atoms with van der Waals surface area (Å²) in [4.78, 5) is 3.89. The van der Waals surface area contributed by atoms with E-state index in [2.05, 4.69) is 48.3 Å². The van der Waals surface area contributed by atoms with Gasteiger partial charge >= 0.3 is 0 Å². The first-order chi connectivity index (χ1) is 8.79.